The number of nitrogens with one attached hydrogen (secondary N) is 1. The molecule has 2 atom stereocenters. The second kappa shape index (κ2) is 4.39. The fraction of sp³-hybridized carbons (Fsp3) is 0.909. The zero-order valence-electron chi connectivity index (χ0n) is 9.70. The molecule has 4 heteroatoms. The van der Waals surface area contributed by atoms with Gasteiger partial charge in [0, 0.05) is 38.8 Å². The summed E-state index contributed by atoms with van der Waals surface area (Å²) in [5.74, 6) is 0.675. The number of amides is 2. The van der Waals surface area contributed by atoms with Crippen molar-refractivity contribution in [2.45, 2.75) is 26.3 Å². The maximum Gasteiger partial charge on any atom is 0.320 e. The number of hydrogen-bond acceptors (Lipinski definition) is 2. The van der Waals surface area contributed by atoms with Gasteiger partial charge in [0.25, 0.3) is 0 Å². The van der Waals surface area contributed by atoms with Gasteiger partial charge in [-0.05, 0) is 19.3 Å². The summed E-state index contributed by atoms with van der Waals surface area (Å²) in [6, 6.07) is 0.676. The SMILES string of the molecule is CC1CCN(C(=O)N2CCNC(C)C2)C1. The van der Waals surface area contributed by atoms with E-state index >= 15 is 0 Å². The minimum atomic E-state index is 0.243. The Bertz CT molecular complexity index is 244. The summed E-state index contributed by atoms with van der Waals surface area (Å²) in [5.41, 5.74) is 0. The predicted molar refractivity (Wildman–Crippen MR) is 59.8 cm³/mol. The van der Waals surface area contributed by atoms with Gasteiger partial charge in [0.2, 0.25) is 0 Å². The van der Waals surface area contributed by atoms with E-state index in [2.05, 4.69) is 19.2 Å². The van der Waals surface area contributed by atoms with Crippen molar-refractivity contribution in [1.82, 2.24) is 15.1 Å². The maximum absolute atomic E-state index is 12.1. The number of carbonyl (C=O) groups is 1. The fourth-order valence-electron chi connectivity index (χ4n) is 2.41. The van der Waals surface area contributed by atoms with Crippen LogP contribution in [0.5, 0.6) is 0 Å². The van der Waals surface area contributed by atoms with E-state index in [1.54, 1.807) is 0 Å². The zero-order chi connectivity index (χ0) is 10.8. The van der Waals surface area contributed by atoms with Crippen LogP contribution in [0.3, 0.4) is 0 Å². The Morgan fingerprint density at radius 1 is 1.20 bits per heavy atom. The molecule has 86 valence electrons. The van der Waals surface area contributed by atoms with Gasteiger partial charge in [-0.15, -0.1) is 0 Å². The molecule has 0 aromatic heterocycles. The number of carbonyl (C=O) groups excluding carboxylic acids is 1. The Hall–Kier alpha value is -0.770. The molecule has 0 aromatic rings. The molecule has 0 aliphatic carbocycles. The minimum absolute atomic E-state index is 0.243. The van der Waals surface area contributed by atoms with Crippen LogP contribution in [0.15, 0.2) is 0 Å². The van der Waals surface area contributed by atoms with Crippen molar-refractivity contribution in [1.29, 1.82) is 0 Å². The quantitative estimate of drug-likeness (QED) is 0.641. The van der Waals surface area contributed by atoms with Gasteiger partial charge in [0.1, 0.15) is 0 Å². The Morgan fingerprint density at radius 3 is 2.53 bits per heavy atom. The van der Waals surface area contributed by atoms with Crippen LogP contribution < -0.4 is 5.32 Å². The number of hydrogen-bond donors (Lipinski definition) is 1. The zero-order valence-corrected chi connectivity index (χ0v) is 9.70. The highest BCUT2D eigenvalue weighted by Gasteiger charge is 2.28. The Labute approximate surface area is 91.6 Å². The van der Waals surface area contributed by atoms with Crippen molar-refractivity contribution in [3.05, 3.63) is 0 Å². The molecule has 1 N–H and O–H groups in total. The van der Waals surface area contributed by atoms with Crippen LogP contribution in [0.1, 0.15) is 20.3 Å². The number of piperazine rings is 1. The molecule has 0 radical (unpaired) electrons. The number of likely N-dealkylation sites (tertiary alicyclic amines) is 1. The van der Waals surface area contributed by atoms with E-state index in [0.717, 1.165) is 39.1 Å². The summed E-state index contributed by atoms with van der Waals surface area (Å²) in [7, 11) is 0. The summed E-state index contributed by atoms with van der Waals surface area (Å²) < 4.78 is 0. The maximum atomic E-state index is 12.1. The highest BCUT2D eigenvalue weighted by molar-refractivity contribution is 5.75. The summed E-state index contributed by atoms with van der Waals surface area (Å²) in [5, 5.41) is 3.35. The lowest BCUT2D eigenvalue weighted by atomic mass is 10.2. The highest BCUT2D eigenvalue weighted by atomic mass is 16.2. The first kappa shape index (κ1) is 10.7. The lowest BCUT2D eigenvalue weighted by molar-refractivity contribution is 0.146. The van der Waals surface area contributed by atoms with Crippen LogP contribution in [0.4, 0.5) is 4.79 Å². The van der Waals surface area contributed by atoms with Crippen LogP contribution in [0.2, 0.25) is 0 Å². The Kier molecular flexibility index (Phi) is 3.14. The van der Waals surface area contributed by atoms with Crippen LogP contribution in [0, 0.1) is 5.92 Å². The second-order valence-corrected chi connectivity index (χ2v) is 4.92. The molecule has 2 amide bonds. The van der Waals surface area contributed by atoms with Gasteiger partial charge in [0.05, 0.1) is 0 Å². The fourth-order valence-corrected chi connectivity index (χ4v) is 2.41. The number of urea groups is 1. The lowest BCUT2D eigenvalue weighted by Crippen LogP contribution is -2.54. The number of nitrogens with zero attached hydrogens (tertiary/aromatic N) is 2. The van der Waals surface area contributed by atoms with Crippen molar-refractivity contribution in [3.63, 3.8) is 0 Å². The van der Waals surface area contributed by atoms with Crippen molar-refractivity contribution < 1.29 is 4.79 Å². The van der Waals surface area contributed by atoms with Gasteiger partial charge in [0.15, 0.2) is 0 Å². The first-order valence-corrected chi connectivity index (χ1v) is 5.94. The summed E-state index contributed by atoms with van der Waals surface area (Å²) >= 11 is 0. The van der Waals surface area contributed by atoms with E-state index in [1.807, 2.05) is 9.80 Å². The molecule has 2 unspecified atom stereocenters. The molecular weight excluding hydrogens is 190 g/mol. The molecule has 0 aromatic carbocycles. The standard InChI is InChI=1S/C11H21N3O/c1-9-3-5-13(7-9)11(15)14-6-4-12-10(2)8-14/h9-10,12H,3-8H2,1-2H3. The van der Waals surface area contributed by atoms with E-state index in [9.17, 15) is 4.79 Å². The van der Waals surface area contributed by atoms with E-state index in [0.29, 0.717) is 12.0 Å². The third-order valence-electron chi connectivity index (χ3n) is 3.33. The second-order valence-electron chi connectivity index (χ2n) is 4.92. The molecule has 2 fully saturated rings. The Morgan fingerprint density at radius 2 is 1.93 bits per heavy atom. The van der Waals surface area contributed by atoms with Crippen LogP contribution in [-0.4, -0.2) is 54.6 Å². The van der Waals surface area contributed by atoms with Gasteiger partial charge < -0.3 is 15.1 Å². The summed E-state index contributed by atoms with van der Waals surface area (Å²) in [6.07, 6.45) is 1.16. The van der Waals surface area contributed by atoms with Gasteiger partial charge in [-0.25, -0.2) is 4.79 Å². The first-order valence-electron chi connectivity index (χ1n) is 5.94. The Balaban J connectivity index is 1.89. The van der Waals surface area contributed by atoms with Gasteiger partial charge >= 0.3 is 6.03 Å². The van der Waals surface area contributed by atoms with Crippen LogP contribution in [-0.2, 0) is 0 Å². The van der Waals surface area contributed by atoms with Crippen molar-refractivity contribution in [2.75, 3.05) is 32.7 Å². The average molecular weight is 211 g/mol. The van der Waals surface area contributed by atoms with E-state index in [1.165, 1.54) is 0 Å². The van der Waals surface area contributed by atoms with Crippen LogP contribution in [0.25, 0.3) is 0 Å². The minimum Gasteiger partial charge on any atom is -0.324 e. The van der Waals surface area contributed by atoms with Crippen molar-refractivity contribution >= 4 is 6.03 Å². The van der Waals surface area contributed by atoms with Gasteiger partial charge in [-0.1, -0.05) is 6.92 Å². The van der Waals surface area contributed by atoms with Crippen molar-refractivity contribution in [2.24, 2.45) is 5.92 Å². The smallest absolute Gasteiger partial charge is 0.320 e. The molecule has 4 nitrogen and oxygen atoms in total. The van der Waals surface area contributed by atoms with E-state index in [-0.39, 0.29) is 6.03 Å². The van der Waals surface area contributed by atoms with Gasteiger partial charge in [-0.2, -0.15) is 0 Å². The summed E-state index contributed by atoms with van der Waals surface area (Å²) in [6.45, 7) is 8.86. The molecule has 2 rings (SSSR count). The third kappa shape index (κ3) is 2.43. The third-order valence-corrected chi connectivity index (χ3v) is 3.33. The molecule has 15 heavy (non-hydrogen) atoms. The molecule has 2 saturated heterocycles. The molecule has 0 spiro atoms. The lowest BCUT2D eigenvalue weighted by Gasteiger charge is -2.34. The molecule has 2 aliphatic heterocycles. The molecule has 0 bridgehead atoms. The summed E-state index contributed by atoms with van der Waals surface area (Å²) in [4.78, 5) is 16.1. The monoisotopic (exact) mass is 211 g/mol. The molecular formula is C11H21N3O. The normalized spacial score (nSPS) is 32.1. The molecule has 2 aliphatic rings. The van der Waals surface area contributed by atoms with E-state index in [4.69, 9.17) is 0 Å². The largest absolute Gasteiger partial charge is 0.324 e. The average Bonchev–Trinajstić information content (AvgIpc) is 2.64. The topological polar surface area (TPSA) is 35.6 Å². The highest BCUT2D eigenvalue weighted by Crippen LogP contribution is 2.17. The number of rotatable bonds is 0. The molecule has 2 heterocycles. The van der Waals surface area contributed by atoms with Crippen molar-refractivity contribution in [3.8, 4) is 0 Å². The predicted octanol–water partition coefficient (Wildman–Crippen LogP) is 0.742. The first-order chi connectivity index (χ1) is 7.16. The molecule has 0 saturated carbocycles. The van der Waals surface area contributed by atoms with Crippen LogP contribution >= 0.6 is 0 Å². The van der Waals surface area contributed by atoms with E-state index < -0.39 is 0 Å². The van der Waals surface area contributed by atoms with Gasteiger partial charge in [-0.3, -0.25) is 0 Å².